The largest absolute Gasteiger partial charge is 0.604 e. The molecule has 0 aliphatic heterocycles. The van der Waals surface area contributed by atoms with Crippen molar-refractivity contribution in [2.24, 2.45) is 0 Å². The summed E-state index contributed by atoms with van der Waals surface area (Å²) < 4.78 is 8.37. The first-order valence-corrected chi connectivity index (χ1v) is 3.45. The first-order chi connectivity index (χ1) is 4.45. The average molecular weight is 157 g/mol. The lowest BCUT2D eigenvalue weighted by Gasteiger charge is -2.16. The Morgan fingerprint density at radius 1 is 1.60 bits per heavy atom. The van der Waals surface area contributed by atoms with Gasteiger partial charge in [-0.2, -0.15) is 4.47 Å². The molecule has 0 rings (SSSR count). The molecule has 0 N–H and O–H groups in total. The molecule has 0 amide bonds. The van der Waals surface area contributed by atoms with Crippen LogP contribution in [0.1, 0.15) is 20.8 Å². The minimum absolute atomic E-state index is 0.0636. The van der Waals surface area contributed by atoms with Crippen molar-refractivity contribution in [1.29, 1.82) is 0 Å². The zero-order valence-corrected chi connectivity index (χ0v) is 7.47. The standard InChI is InChI=1S/C6H11NO2Si/c1-6(2,3)9-5(8)4-7-10/h4H2,1-3H3/q+1. The van der Waals surface area contributed by atoms with Crippen LogP contribution in [0.5, 0.6) is 0 Å². The molecule has 0 aliphatic carbocycles. The third-order valence-electron chi connectivity index (χ3n) is 0.628. The van der Waals surface area contributed by atoms with Gasteiger partial charge in [0.25, 0.3) is 0 Å². The van der Waals surface area contributed by atoms with Gasteiger partial charge in [0.05, 0.1) is 0 Å². The van der Waals surface area contributed by atoms with Crippen LogP contribution < -0.4 is 0 Å². The molecule has 0 aromatic heterocycles. The van der Waals surface area contributed by atoms with Crippen molar-refractivity contribution in [3.8, 4) is 0 Å². The molecule has 0 aromatic carbocycles. The van der Waals surface area contributed by atoms with Gasteiger partial charge in [-0.05, 0) is 20.8 Å². The van der Waals surface area contributed by atoms with Crippen LogP contribution in [0, 0.1) is 0 Å². The van der Waals surface area contributed by atoms with E-state index in [0.29, 0.717) is 0 Å². The molecular weight excluding hydrogens is 146 g/mol. The fraction of sp³-hybridized carbons (Fsp3) is 0.833. The summed E-state index contributed by atoms with van der Waals surface area (Å²) in [7, 11) is 2.83. The molecule has 3 nitrogen and oxygen atoms in total. The van der Waals surface area contributed by atoms with Gasteiger partial charge < -0.3 is 4.74 Å². The molecule has 0 aromatic rings. The van der Waals surface area contributed by atoms with Gasteiger partial charge in [0.1, 0.15) is 5.60 Å². The normalized spacial score (nSPS) is 10.2. The van der Waals surface area contributed by atoms with Crippen molar-refractivity contribution in [2.45, 2.75) is 26.4 Å². The number of rotatable bonds is 1. The Morgan fingerprint density at radius 2 is 2.10 bits per heavy atom. The minimum Gasteiger partial charge on any atom is -0.454 e. The highest BCUT2D eigenvalue weighted by molar-refractivity contribution is 5.93. The van der Waals surface area contributed by atoms with E-state index in [1.807, 2.05) is 20.8 Å². The van der Waals surface area contributed by atoms with Crippen molar-refractivity contribution in [1.82, 2.24) is 0 Å². The molecule has 10 heavy (non-hydrogen) atoms. The Balaban J connectivity index is 3.72. The lowest BCUT2D eigenvalue weighted by Crippen LogP contribution is -2.24. The molecule has 0 saturated carbocycles. The van der Waals surface area contributed by atoms with Crippen molar-refractivity contribution in [3.63, 3.8) is 0 Å². The second kappa shape index (κ2) is 3.54. The SMILES string of the molecule is CC(C)(C)OC(=O)C[N+]#[Si]. The Labute approximate surface area is 63.6 Å². The maximum atomic E-state index is 10.7. The van der Waals surface area contributed by atoms with Crippen LogP contribution in [-0.2, 0) is 9.53 Å². The highest BCUT2D eigenvalue weighted by atomic mass is 28.1. The quantitative estimate of drug-likeness (QED) is 0.416. The van der Waals surface area contributed by atoms with Crippen LogP contribution in [0.25, 0.3) is 4.47 Å². The Bertz CT molecular complexity index is 166. The molecule has 0 aliphatic rings. The number of esters is 1. The van der Waals surface area contributed by atoms with Gasteiger partial charge in [0.15, 0.2) is 0 Å². The van der Waals surface area contributed by atoms with E-state index >= 15 is 0 Å². The second-order valence-corrected chi connectivity index (χ2v) is 3.22. The summed E-state index contributed by atoms with van der Waals surface area (Å²) in [6.45, 7) is 5.52. The topological polar surface area (TPSA) is 30.7 Å². The summed E-state index contributed by atoms with van der Waals surface area (Å²) in [5.41, 5.74) is -0.409. The summed E-state index contributed by atoms with van der Waals surface area (Å²) in [5, 5.41) is 0. The van der Waals surface area contributed by atoms with Gasteiger partial charge in [-0.1, -0.05) is 0 Å². The van der Waals surface area contributed by atoms with Crippen LogP contribution in [0.4, 0.5) is 0 Å². The lowest BCUT2D eigenvalue weighted by molar-refractivity contribution is -0.152. The lowest BCUT2D eigenvalue weighted by atomic mass is 10.2. The van der Waals surface area contributed by atoms with Crippen molar-refractivity contribution < 1.29 is 9.53 Å². The second-order valence-electron chi connectivity index (χ2n) is 2.90. The number of ether oxygens (including phenoxy) is 1. The fourth-order valence-electron chi connectivity index (χ4n) is 0.438. The van der Waals surface area contributed by atoms with E-state index in [2.05, 4.69) is 14.3 Å². The first kappa shape index (κ1) is 9.40. The highest BCUT2D eigenvalue weighted by Crippen LogP contribution is 2.06. The maximum absolute atomic E-state index is 10.7. The van der Waals surface area contributed by atoms with E-state index in [0.717, 1.165) is 0 Å². The van der Waals surface area contributed by atoms with Crippen molar-refractivity contribution >= 4 is 15.8 Å². The predicted molar refractivity (Wildman–Crippen MR) is 39.8 cm³/mol. The Kier molecular flexibility index (Phi) is 3.32. The summed E-state index contributed by atoms with van der Waals surface area (Å²) in [4.78, 5) is 10.7. The third-order valence-corrected chi connectivity index (χ3v) is 0.786. The van der Waals surface area contributed by atoms with Gasteiger partial charge in [-0.25, -0.2) is 4.79 Å². The van der Waals surface area contributed by atoms with E-state index in [1.165, 1.54) is 0 Å². The number of hydrogen-bond donors (Lipinski definition) is 0. The van der Waals surface area contributed by atoms with Crippen LogP contribution in [-0.4, -0.2) is 28.0 Å². The zero-order chi connectivity index (χ0) is 8.20. The van der Waals surface area contributed by atoms with Gasteiger partial charge in [0.2, 0.25) is 0 Å². The van der Waals surface area contributed by atoms with E-state index in [9.17, 15) is 4.79 Å². The van der Waals surface area contributed by atoms with E-state index in [1.54, 1.807) is 0 Å². The average Bonchev–Trinajstić information content (AvgIpc) is 1.59. The molecule has 0 heterocycles. The molecule has 55 valence electrons. The first-order valence-electron chi connectivity index (χ1n) is 3.01. The van der Waals surface area contributed by atoms with Gasteiger partial charge in [-0.15, -0.1) is 0 Å². The van der Waals surface area contributed by atoms with Crippen LogP contribution >= 0.6 is 0 Å². The molecule has 1 radical (unpaired) electrons. The number of hydrogen-bond acceptors (Lipinski definition) is 2. The fourth-order valence-corrected chi connectivity index (χ4v) is 0.567. The summed E-state index contributed by atoms with van der Waals surface area (Å²) in [6.07, 6.45) is 0. The number of nitrogens with zero attached hydrogens (tertiary/aromatic N) is 1. The smallest absolute Gasteiger partial charge is 0.454 e. The van der Waals surface area contributed by atoms with E-state index in [4.69, 9.17) is 4.74 Å². The maximum Gasteiger partial charge on any atom is 0.604 e. The van der Waals surface area contributed by atoms with Crippen LogP contribution in [0.15, 0.2) is 0 Å². The summed E-state index contributed by atoms with van der Waals surface area (Å²) >= 11 is 0. The molecule has 0 atom stereocenters. The van der Waals surface area contributed by atoms with Crippen molar-refractivity contribution in [2.75, 3.05) is 6.54 Å². The monoisotopic (exact) mass is 157 g/mol. The van der Waals surface area contributed by atoms with Gasteiger partial charge >= 0.3 is 22.4 Å². The van der Waals surface area contributed by atoms with Crippen molar-refractivity contribution in [3.05, 3.63) is 4.47 Å². The molecule has 4 heteroatoms. The number of carbonyl (C=O) groups is 1. The predicted octanol–water partition coefficient (Wildman–Crippen LogP) is 0.785. The number of carbonyl (C=O) groups excluding carboxylic acids is 1. The Morgan fingerprint density at radius 3 is 2.40 bits per heavy atom. The van der Waals surface area contributed by atoms with Gasteiger partial charge in [-0.3, -0.25) is 0 Å². The van der Waals surface area contributed by atoms with Gasteiger partial charge in [0, 0.05) is 0 Å². The Hall–Kier alpha value is -0.603. The zero-order valence-electron chi connectivity index (χ0n) is 6.47. The highest BCUT2D eigenvalue weighted by Gasteiger charge is 2.17. The van der Waals surface area contributed by atoms with E-state index in [-0.39, 0.29) is 12.5 Å². The summed E-state index contributed by atoms with van der Waals surface area (Å²) in [6, 6.07) is 0. The van der Waals surface area contributed by atoms with Crippen LogP contribution in [0.2, 0.25) is 0 Å². The summed E-state index contributed by atoms with van der Waals surface area (Å²) in [5.74, 6) is -0.317. The third kappa shape index (κ3) is 5.53. The molecule has 0 unspecified atom stereocenters. The molecular formula is C6H11NO2Si+. The molecule has 0 fully saturated rings. The minimum atomic E-state index is -0.409. The molecule has 0 saturated heterocycles. The molecule has 0 spiro atoms. The van der Waals surface area contributed by atoms with Crippen LogP contribution in [0.3, 0.4) is 0 Å². The van der Waals surface area contributed by atoms with E-state index < -0.39 is 5.60 Å². The molecule has 0 bridgehead atoms.